The Balaban J connectivity index is 1.50. The Bertz CT molecular complexity index is 524. The van der Waals surface area contributed by atoms with E-state index in [1.807, 2.05) is 0 Å². The summed E-state index contributed by atoms with van der Waals surface area (Å²) in [5.41, 5.74) is 0. The molecule has 3 rings (SSSR count). The number of cyclic esters (lactones) is 1. The maximum Gasteiger partial charge on any atom is 0.410 e. The van der Waals surface area contributed by atoms with Crippen LogP contribution >= 0.6 is 0 Å². The Hall–Kier alpha value is -2.38. The lowest BCUT2D eigenvalue weighted by Crippen LogP contribution is -2.40. The molecule has 0 bridgehead atoms. The van der Waals surface area contributed by atoms with Crippen LogP contribution < -0.4 is 4.74 Å². The van der Waals surface area contributed by atoms with Gasteiger partial charge in [-0.1, -0.05) is 0 Å². The molecule has 21 heavy (non-hydrogen) atoms. The number of aromatic nitrogens is 2. The molecular formula is C13H16N4O4. The van der Waals surface area contributed by atoms with Gasteiger partial charge in [0, 0.05) is 25.4 Å². The van der Waals surface area contributed by atoms with Gasteiger partial charge in [-0.15, -0.1) is 0 Å². The van der Waals surface area contributed by atoms with Crippen LogP contribution in [0.3, 0.4) is 0 Å². The summed E-state index contributed by atoms with van der Waals surface area (Å²) in [6.07, 6.45) is 3.42. The molecule has 0 spiro atoms. The van der Waals surface area contributed by atoms with Crippen LogP contribution in [0.1, 0.15) is 6.42 Å². The first kappa shape index (κ1) is 13.6. The average Bonchev–Trinajstić information content (AvgIpc) is 3.10. The topological polar surface area (TPSA) is 84.9 Å². The van der Waals surface area contributed by atoms with Crippen molar-refractivity contribution in [1.29, 1.82) is 0 Å². The molecule has 112 valence electrons. The lowest BCUT2D eigenvalue weighted by molar-refractivity contribution is -0.130. The number of carbonyl (C=O) groups is 2. The first-order valence-corrected chi connectivity index (χ1v) is 6.85. The Morgan fingerprint density at radius 2 is 2.19 bits per heavy atom. The predicted octanol–water partition coefficient (Wildman–Crippen LogP) is -0.0915. The quantitative estimate of drug-likeness (QED) is 0.771. The van der Waals surface area contributed by atoms with E-state index in [-0.39, 0.29) is 18.6 Å². The molecule has 2 saturated heterocycles. The minimum absolute atomic E-state index is 0.0629. The summed E-state index contributed by atoms with van der Waals surface area (Å²) in [5, 5.41) is 0. The van der Waals surface area contributed by atoms with E-state index in [0.29, 0.717) is 32.3 Å². The zero-order chi connectivity index (χ0) is 14.7. The van der Waals surface area contributed by atoms with Gasteiger partial charge in [0.05, 0.1) is 13.1 Å². The predicted molar refractivity (Wildman–Crippen MR) is 70.6 cm³/mol. The van der Waals surface area contributed by atoms with Crippen LogP contribution in [-0.2, 0) is 9.53 Å². The summed E-state index contributed by atoms with van der Waals surface area (Å²) in [4.78, 5) is 34.6. The van der Waals surface area contributed by atoms with Crippen LogP contribution in [0.15, 0.2) is 18.5 Å². The van der Waals surface area contributed by atoms with Crippen LogP contribution in [0, 0.1) is 0 Å². The van der Waals surface area contributed by atoms with Gasteiger partial charge in [-0.25, -0.2) is 14.8 Å². The highest BCUT2D eigenvalue weighted by molar-refractivity contribution is 5.83. The maximum atomic E-state index is 12.1. The number of carbonyl (C=O) groups excluding carboxylic acids is 2. The summed E-state index contributed by atoms with van der Waals surface area (Å²) in [5.74, 6) is -0.0890. The largest absolute Gasteiger partial charge is 0.458 e. The van der Waals surface area contributed by atoms with Crippen LogP contribution in [-0.4, -0.2) is 70.7 Å². The van der Waals surface area contributed by atoms with Crippen molar-refractivity contribution in [1.82, 2.24) is 19.8 Å². The smallest absolute Gasteiger partial charge is 0.410 e. The molecule has 0 saturated carbocycles. The Labute approximate surface area is 121 Å². The second kappa shape index (κ2) is 5.94. The molecule has 8 heteroatoms. The van der Waals surface area contributed by atoms with E-state index in [0.717, 1.165) is 6.42 Å². The number of hydrogen-bond donors (Lipinski definition) is 0. The summed E-state index contributed by atoms with van der Waals surface area (Å²) in [6, 6.07) is 2.03. The molecule has 1 unspecified atom stereocenters. The zero-order valence-corrected chi connectivity index (χ0v) is 11.5. The molecular weight excluding hydrogens is 276 g/mol. The molecule has 0 radical (unpaired) electrons. The molecule has 0 N–H and O–H groups in total. The number of ether oxygens (including phenoxy) is 2. The second-order valence-electron chi connectivity index (χ2n) is 4.94. The number of rotatable bonds is 4. The van der Waals surface area contributed by atoms with Crippen molar-refractivity contribution in [3.8, 4) is 6.01 Å². The van der Waals surface area contributed by atoms with E-state index in [1.54, 1.807) is 23.4 Å². The van der Waals surface area contributed by atoms with Gasteiger partial charge in [0.1, 0.15) is 19.3 Å². The van der Waals surface area contributed by atoms with Gasteiger partial charge in [-0.05, 0) is 6.07 Å². The number of nitrogens with zero attached hydrogens (tertiary/aromatic N) is 4. The average molecular weight is 292 g/mol. The summed E-state index contributed by atoms with van der Waals surface area (Å²) in [7, 11) is 0. The van der Waals surface area contributed by atoms with Crippen LogP contribution in [0.4, 0.5) is 4.79 Å². The molecule has 1 aromatic heterocycles. The van der Waals surface area contributed by atoms with Gasteiger partial charge in [0.15, 0.2) is 0 Å². The molecule has 8 nitrogen and oxygen atoms in total. The van der Waals surface area contributed by atoms with Crippen molar-refractivity contribution in [3.05, 3.63) is 18.5 Å². The molecule has 2 aliphatic rings. The fourth-order valence-corrected chi connectivity index (χ4v) is 2.38. The van der Waals surface area contributed by atoms with Crippen LogP contribution in [0.25, 0.3) is 0 Å². The third-order valence-corrected chi connectivity index (χ3v) is 3.48. The van der Waals surface area contributed by atoms with Crippen molar-refractivity contribution < 1.29 is 19.1 Å². The van der Waals surface area contributed by atoms with Gasteiger partial charge < -0.3 is 14.4 Å². The van der Waals surface area contributed by atoms with E-state index < -0.39 is 6.09 Å². The number of amides is 2. The Morgan fingerprint density at radius 1 is 1.38 bits per heavy atom. The molecule has 2 fully saturated rings. The Morgan fingerprint density at radius 3 is 2.90 bits per heavy atom. The minimum Gasteiger partial charge on any atom is -0.458 e. The summed E-state index contributed by atoms with van der Waals surface area (Å²) in [6.45, 7) is 1.98. The van der Waals surface area contributed by atoms with Crippen molar-refractivity contribution in [2.45, 2.75) is 12.5 Å². The number of hydrogen-bond acceptors (Lipinski definition) is 6. The fourth-order valence-electron chi connectivity index (χ4n) is 2.38. The summed E-state index contributed by atoms with van der Waals surface area (Å²) >= 11 is 0. The highest BCUT2D eigenvalue weighted by Crippen LogP contribution is 2.15. The lowest BCUT2D eigenvalue weighted by atomic mass is 10.3. The highest BCUT2D eigenvalue weighted by Gasteiger charge is 2.31. The highest BCUT2D eigenvalue weighted by atomic mass is 16.6. The third kappa shape index (κ3) is 3.21. The van der Waals surface area contributed by atoms with E-state index in [2.05, 4.69) is 9.97 Å². The first-order chi connectivity index (χ1) is 10.2. The van der Waals surface area contributed by atoms with Crippen molar-refractivity contribution >= 4 is 12.0 Å². The lowest BCUT2D eigenvalue weighted by Gasteiger charge is -2.19. The van der Waals surface area contributed by atoms with Gasteiger partial charge in [0.25, 0.3) is 0 Å². The van der Waals surface area contributed by atoms with E-state index in [4.69, 9.17) is 9.47 Å². The minimum atomic E-state index is -0.423. The van der Waals surface area contributed by atoms with Gasteiger partial charge in [-0.3, -0.25) is 9.69 Å². The van der Waals surface area contributed by atoms with E-state index in [9.17, 15) is 9.59 Å². The molecule has 1 atom stereocenters. The third-order valence-electron chi connectivity index (χ3n) is 3.48. The second-order valence-corrected chi connectivity index (χ2v) is 4.94. The number of likely N-dealkylation sites (tertiary alicyclic amines) is 1. The standard InChI is InChI=1S/C13H16N4O4/c18-11(9-17-6-7-20-13(17)19)16-5-2-10(8-16)21-12-14-3-1-4-15-12/h1,3-4,10H,2,5-9H2. The molecule has 2 aliphatic heterocycles. The molecule has 0 aliphatic carbocycles. The molecule has 3 heterocycles. The molecule has 0 aromatic carbocycles. The SMILES string of the molecule is O=C(CN1CCOC1=O)N1CCC(Oc2ncccn2)C1. The molecule has 1 aromatic rings. The first-order valence-electron chi connectivity index (χ1n) is 6.85. The Kier molecular flexibility index (Phi) is 3.85. The normalized spacial score (nSPS) is 21.5. The maximum absolute atomic E-state index is 12.1. The van der Waals surface area contributed by atoms with Gasteiger partial charge in [0.2, 0.25) is 5.91 Å². The zero-order valence-electron chi connectivity index (χ0n) is 11.5. The van der Waals surface area contributed by atoms with Gasteiger partial charge >= 0.3 is 12.1 Å². The molecule has 2 amide bonds. The van der Waals surface area contributed by atoms with Crippen molar-refractivity contribution in [2.75, 3.05) is 32.8 Å². The van der Waals surface area contributed by atoms with Crippen LogP contribution in [0.5, 0.6) is 6.01 Å². The fraction of sp³-hybridized carbons (Fsp3) is 0.538. The van der Waals surface area contributed by atoms with E-state index in [1.165, 1.54) is 4.90 Å². The van der Waals surface area contributed by atoms with Crippen molar-refractivity contribution in [3.63, 3.8) is 0 Å². The van der Waals surface area contributed by atoms with Crippen LogP contribution in [0.2, 0.25) is 0 Å². The summed E-state index contributed by atoms with van der Waals surface area (Å²) < 4.78 is 10.4. The monoisotopic (exact) mass is 292 g/mol. The van der Waals surface area contributed by atoms with Crippen molar-refractivity contribution in [2.24, 2.45) is 0 Å². The van der Waals surface area contributed by atoms with Gasteiger partial charge in [-0.2, -0.15) is 0 Å². The van der Waals surface area contributed by atoms with E-state index >= 15 is 0 Å².